The molecule has 0 amide bonds. The van der Waals surface area contributed by atoms with Crippen molar-refractivity contribution >= 4 is 45.2 Å². The molecule has 0 heterocycles. The van der Waals surface area contributed by atoms with Crippen molar-refractivity contribution < 1.29 is 139 Å². The van der Waals surface area contributed by atoms with E-state index in [-0.39, 0.29) is 126 Å². The average Bonchev–Trinajstić information content (AvgIpc) is 2.68. The van der Waals surface area contributed by atoms with Crippen molar-refractivity contribution in [2.75, 3.05) is 0 Å². The van der Waals surface area contributed by atoms with Gasteiger partial charge in [-0.05, 0) is 70.7 Å². The van der Waals surface area contributed by atoms with Gasteiger partial charge in [0.25, 0.3) is 0 Å². The molecule has 3 rings (SSSR count). The minimum Gasteiger partial charge on any atom is -1.00 e. The van der Waals surface area contributed by atoms with Gasteiger partial charge in [-0.15, -0.1) is 0 Å². The Balaban J connectivity index is -0.000000653. The first kappa shape index (κ1) is 33.5. The van der Waals surface area contributed by atoms with E-state index < -0.39 is 29.3 Å². The SMILES string of the molecule is O.O.O=S([O-])c1ccc(P(=O)(c2ccccc2)c2ccc(S(=O)[O-])cc2)cc1.[H-].[H-].[K+].[K+]. The van der Waals surface area contributed by atoms with Crippen LogP contribution in [-0.4, -0.2) is 28.5 Å². The zero-order valence-corrected chi connectivity index (χ0v) is 25.1. The molecule has 0 radical (unpaired) electrons. The molecular weight excluding hydrogens is 501 g/mol. The molecule has 2 atom stereocenters. The van der Waals surface area contributed by atoms with Gasteiger partial charge in [-0.2, -0.15) is 0 Å². The Kier molecular flexibility index (Phi) is 17.0. The van der Waals surface area contributed by atoms with E-state index in [9.17, 15) is 22.1 Å². The number of hydrogen-bond acceptors (Lipinski definition) is 5. The third kappa shape index (κ3) is 7.67. The van der Waals surface area contributed by atoms with Crippen LogP contribution in [0.5, 0.6) is 0 Å². The largest absolute Gasteiger partial charge is 1.00 e. The fourth-order valence-corrected chi connectivity index (χ4v) is 5.96. The second kappa shape index (κ2) is 15.3. The standard InChI is InChI=1S/C18H15O5PS2.2K.2H2O.2H/c19-24(14-4-2-1-3-5-14,15-6-10-17(11-7-15)25(20)21)16-8-12-18(13-9-16)26(22)23;;;;;;/h1-13H,(H,20,21)(H,22,23);;;2*1H2;;/q;2*+1;;;2*-1/p-2. The molecule has 0 aromatic heterocycles. The molecule has 0 aliphatic carbocycles. The predicted molar refractivity (Wildman–Crippen MR) is 110 cm³/mol. The first-order valence-electron chi connectivity index (χ1n) is 7.48. The van der Waals surface area contributed by atoms with Gasteiger partial charge >= 0.3 is 103 Å². The summed E-state index contributed by atoms with van der Waals surface area (Å²) in [6.07, 6.45) is 0. The molecule has 12 heteroatoms. The van der Waals surface area contributed by atoms with Crippen molar-refractivity contribution in [2.24, 2.45) is 0 Å². The van der Waals surface area contributed by atoms with Crippen molar-refractivity contribution in [3.8, 4) is 0 Å². The summed E-state index contributed by atoms with van der Waals surface area (Å²) >= 11 is -4.74. The van der Waals surface area contributed by atoms with Gasteiger partial charge in [0.05, 0.1) is 0 Å². The summed E-state index contributed by atoms with van der Waals surface area (Å²) in [5.74, 6) is 0. The molecule has 0 saturated heterocycles. The van der Waals surface area contributed by atoms with Gasteiger partial charge in [-0.3, -0.25) is 8.42 Å². The molecule has 0 spiro atoms. The average molecular weight is 521 g/mol. The Hall–Kier alpha value is 1.30. The van der Waals surface area contributed by atoms with Gasteiger partial charge in [0.2, 0.25) is 0 Å². The smallest absolute Gasteiger partial charge is 1.00 e. The maximum absolute atomic E-state index is 14.1. The zero-order chi connectivity index (χ0) is 18.7. The van der Waals surface area contributed by atoms with E-state index in [4.69, 9.17) is 0 Å². The van der Waals surface area contributed by atoms with Gasteiger partial charge < -0.3 is 27.5 Å². The van der Waals surface area contributed by atoms with Crippen LogP contribution in [0, 0.1) is 0 Å². The Morgan fingerprint density at radius 3 is 1.20 bits per heavy atom. The van der Waals surface area contributed by atoms with Crippen LogP contribution < -0.4 is 119 Å². The van der Waals surface area contributed by atoms with Crippen LogP contribution in [0.15, 0.2) is 88.7 Å². The van der Waals surface area contributed by atoms with Crippen LogP contribution in [0.25, 0.3) is 0 Å². The fourth-order valence-electron chi connectivity index (χ4n) is 2.62. The quantitative estimate of drug-likeness (QED) is 0.186. The normalized spacial score (nSPS) is 13.7. The van der Waals surface area contributed by atoms with Gasteiger partial charge in [0.1, 0.15) is 0 Å². The summed E-state index contributed by atoms with van der Waals surface area (Å²) in [5.41, 5.74) is 0. The minimum atomic E-state index is -3.28. The second-order valence-corrected chi connectivity index (χ2v) is 10.1. The van der Waals surface area contributed by atoms with E-state index in [1.165, 1.54) is 48.5 Å². The maximum atomic E-state index is 14.1. The predicted octanol–water partition coefficient (Wildman–Crippen LogP) is -5.61. The molecule has 0 saturated carbocycles. The number of hydrogen-bond donors (Lipinski definition) is 0. The number of rotatable bonds is 5. The van der Waals surface area contributed by atoms with E-state index in [1.54, 1.807) is 30.3 Å². The monoisotopic (exact) mass is 520 g/mol. The molecule has 3 aromatic rings. The van der Waals surface area contributed by atoms with Gasteiger partial charge in [0.15, 0.2) is 7.14 Å². The van der Waals surface area contributed by atoms with Crippen LogP contribution in [-0.2, 0) is 26.7 Å². The summed E-state index contributed by atoms with van der Waals surface area (Å²) in [5, 5.41) is 1.51. The third-order valence-corrected chi connectivity index (χ3v) is 8.30. The fraction of sp³-hybridized carbons (Fsp3) is 0. The summed E-state index contributed by atoms with van der Waals surface area (Å²) in [6, 6.07) is 20.5. The Labute approximate surface area is 267 Å². The molecule has 30 heavy (non-hydrogen) atoms. The Morgan fingerprint density at radius 1 is 0.600 bits per heavy atom. The molecule has 0 aliphatic heterocycles. The van der Waals surface area contributed by atoms with Crippen LogP contribution >= 0.6 is 7.14 Å². The van der Waals surface area contributed by atoms with Crippen molar-refractivity contribution in [2.45, 2.75) is 9.79 Å². The third-order valence-electron chi connectivity index (χ3n) is 3.91. The van der Waals surface area contributed by atoms with Crippen LogP contribution in [0.1, 0.15) is 2.85 Å². The maximum Gasteiger partial charge on any atom is 1.00 e. The van der Waals surface area contributed by atoms with Crippen LogP contribution in [0.2, 0.25) is 0 Å². The molecule has 7 nitrogen and oxygen atoms in total. The van der Waals surface area contributed by atoms with Gasteiger partial charge in [-0.1, -0.05) is 30.3 Å². The van der Waals surface area contributed by atoms with E-state index >= 15 is 0 Å². The van der Waals surface area contributed by atoms with E-state index in [0.29, 0.717) is 15.9 Å². The topological polar surface area (TPSA) is 160 Å². The first-order chi connectivity index (χ1) is 12.4. The molecule has 0 fully saturated rings. The van der Waals surface area contributed by atoms with Crippen LogP contribution in [0.4, 0.5) is 0 Å². The molecule has 154 valence electrons. The van der Waals surface area contributed by atoms with Crippen LogP contribution in [0.3, 0.4) is 0 Å². The molecular formula is C18H19K2O7PS2-2. The second-order valence-electron chi connectivity index (χ2n) is 5.40. The van der Waals surface area contributed by atoms with Gasteiger partial charge in [-0.25, -0.2) is 0 Å². The number of benzene rings is 3. The summed E-state index contributed by atoms with van der Waals surface area (Å²) in [6.45, 7) is 0. The molecule has 0 aliphatic rings. The summed E-state index contributed by atoms with van der Waals surface area (Å²) in [7, 11) is -3.28. The van der Waals surface area contributed by atoms with Crippen molar-refractivity contribution in [1.82, 2.24) is 0 Å². The van der Waals surface area contributed by atoms with Crippen molar-refractivity contribution in [3.05, 3.63) is 78.9 Å². The van der Waals surface area contributed by atoms with Crippen molar-refractivity contribution in [3.63, 3.8) is 0 Å². The summed E-state index contributed by atoms with van der Waals surface area (Å²) in [4.78, 5) is 0.205. The van der Waals surface area contributed by atoms with Gasteiger partial charge in [0, 0.05) is 25.7 Å². The summed E-state index contributed by atoms with van der Waals surface area (Å²) < 4.78 is 58.4. The van der Waals surface area contributed by atoms with E-state index in [0.717, 1.165) is 0 Å². The molecule has 2 unspecified atom stereocenters. The zero-order valence-electron chi connectivity index (χ0n) is 18.3. The Morgan fingerprint density at radius 2 is 0.900 bits per heavy atom. The van der Waals surface area contributed by atoms with Crippen molar-refractivity contribution in [1.29, 1.82) is 0 Å². The molecule has 4 N–H and O–H groups in total. The van der Waals surface area contributed by atoms with E-state index in [1.807, 2.05) is 0 Å². The molecule has 0 bridgehead atoms. The first-order valence-corrected chi connectivity index (χ1v) is 11.3. The minimum absolute atomic E-state index is 0. The van der Waals surface area contributed by atoms with E-state index in [2.05, 4.69) is 0 Å². The Bertz CT molecular complexity index is 966. The molecule has 3 aromatic carbocycles.